The normalized spacial score (nSPS) is 11.9. The highest BCUT2D eigenvalue weighted by molar-refractivity contribution is 5.77. The van der Waals surface area contributed by atoms with Gasteiger partial charge in [-0.3, -0.25) is 4.79 Å². The molecule has 1 aromatic rings. The van der Waals surface area contributed by atoms with Gasteiger partial charge in [0.25, 0.3) is 0 Å². The van der Waals surface area contributed by atoms with Gasteiger partial charge >= 0.3 is 5.97 Å². The van der Waals surface area contributed by atoms with Gasteiger partial charge in [-0.25, -0.2) is 0 Å². The summed E-state index contributed by atoms with van der Waals surface area (Å²) in [4.78, 5) is 11.5. The molecular weight excluding hydrogens is 188 g/mol. The Balaban J connectivity index is 2.77. The van der Waals surface area contributed by atoms with Crippen LogP contribution in [0.5, 0.6) is 0 Å². The molecule has 2 nitrogen and oxygen atoms in total. The number of esters is 1. The molecule has 2 heteroatoms. The molecule has 1 rings (SSSR count). The summed E-state index contributed by atoms with van der Waals surface area (Å²) in [6.45, 7) is 7.76. The Morgan fingerprint density at radius 3 is 2.53 bits per heavy atom. The van der Waals surface area contributed by atoms with Gasteiger partial charge in [-0.1, -0.05) is 36.9 Å². The monoisotopic (exact) mass is 204 g/mol. The molecule has 0 aliphatic carbocycles. The van der Waals surface area contributed by atoms with Crippen molar-refractivity contribution >= 4 is 12.0 Å². The maximum Gasteiger partial charge on any atom is 0.313 e. The van der Waals surface area contributed by atoms with Crippen molar-refractivity contribution in [1.29, 1.82) is 0 Å². The van der Waals surface area contributed by atoms with Crippen LogP contribution in [0.1, 0.15) is 30.9 Å². The Bertz CT molecular complexity index is 338. The summed E-state index contributed by atoms with van der Waals surface area (Å²) in [6.07, 6.45) is 1.78. The fraction of sp³-hybridized carbons (Fsp3) is 0.308. The summed E-state index contributed by atoms with van der Waals surface area (Å²) in [5.74, 6) is -0.382. The summed E-state index contributed by atoms with van der Waals surface area (Å²) < 4.78 is 4.96. The molecule has 0 saturated heterocycles. The third-order valence-electron chi connectivity index (χ3n) is 2.31. The van der Waals surface area contributed by atoms with Crippen molar-refractivity contribution in [3.05, 3.63) is 42.0 Å². The number of hydrogen-bond acceptors (Lipinski definition) is 2. The van der Waals surface area contributed by atoms with E-state index in [-0.39, 0.29) is 11.9 Å². The number of carbonyl (C=O) groups excluding carboxylic acids is 1. The third kappa shape index (κ3) is 2.94. The standard InChI is InChI=1S/C13H16O2/c1-4-11-6-8-12(9-7-11)10(3)13(14)15-5-2/h4,6-10H,1,5H2,2-3H3. The van der Waals surface area contributed by atoms with E-state index >= 15 is 0 Å². The zero-order valence-corrected chi connectivity index (χ0v) is 9.19. The van der Waals surface area contributed by atoms with Gasteiger partial charge in [0.05, 0.1) is 12.5 Å². The van der Waals surface area contributed by atoms with Crippen molar-refractivity contribution in [2.75, 3.05) is 6.61 Å². The second-order valence-electron chi connectivity index (χ2n) is 3.34. The largest absolute Gasteiger partial charge is 0.466 e. The molecule has 0 spiro atoms. The van der Waals surface area contributed by atoms with Crippen LogP contribution in [0.25, 0.3) is 6.08 Å². The molecule has 80 valence electrons. The lowest BCUT2D eigenvalue weighted by Crippen LogP contribution is -2.12. The molecule has 1 unspecified atom stereocenters. The first kappa shape index (κ1) is 11.5. The maximum absolute atomic E-state index is 11.5. The zero-order chi connectivity index (χ0) is 11.3. The molecule has 0 bridgehead atoms. The van der Waals surface area contributed by atoms with Gasteiger partial charge in [-0.05, 0) is 25.0 Å². The molecule has 0 aromatic heterocycles. The molecule has 1 aromatic carbocycles. The summed E-state index contributed by atoms with van der Waals surface area (Å²) in [7, 11) is 0. The second kappa shape index (κ2) is 5.35. The second-order valence-corrected chi connectivity index (χ2v) is 3.34. The van der Waals surface area contributed by atoms with Crippen LogP contribution in [0.3, 0.4) is 0 Å². The van der Waals surface area contributed by atoms with Crippen molar-refractivity contribution in [3.8, 4) is 0 Å². The molecule has 1 atom stereocenters. The lowest BCUT2D eigenvalue weighted by molar-refractivity contribution is -0.144. The van der Waals surface area contributed by atoms with Crippen molar-refractivity contribution in [1.82, 2.24) is 0 Å². The van der Waals surface area contributed by atoms with Crippen LogP contribution in [0.2, 0.25) is 0 Å². The van der Waals surface area contributed by atoms with Gasteiger partial charge in [0, 0.05) is 0 Å². The highest BCUT2D eigenvalue weighted by Gasteiger charge is 2.15. The molecular formula is C13H16O2. The van der Waals surface area contributed by atoms with Crippen LogP contribution in [0, 0.1) is 0 Å². The van der Waals surface area contributed by atoms with E-state index in [2.05, 4.69) is 6.58 Å². The van der Waals surface area contributed by atoms with E-state index in [1.165, 1.54) is 0 Å². The molecule has 0 heterocycles. The lowest BCUT2D eigenvalue weighted by atomic mass is 10.00. The van der Waals surface area contributed by atoms with Crippen LogP contribution in [0.15, 0.2) is 30.8 Å². The predicted octanol–water partition coefficient (Wildman–Crippen LogP) is 3.00. The smallest absolute Gasteiger partial charge is 0.313 e. The van der Waals surface area contributed by atoms with E-state index in [4.69, 9.17) is 4.74 Å². The molecule has 0 N–H and O–H groups in total. The van der Waals surface area contributed by atoms with Crippen LogP contribution in [0.4, 0.5) is 0 Å². The number of hydrogen-bond donors (Lipinski definition) is 0. The molecule has 0 saturated carbocycles. The number of ether oxygens (including phenoxy) is 1. The van der Waals surface area contributed by atoms with E-state index in [9.17, 15) is 4.79 Å². The molecule has 0 fully saturated rings. The summed E-state index contributed by atoms with van der Waals surface area (Å²) >= 11 is 0. The first-order valence-corrected chi connectivity index (χ1v) is 5.08. The van der Waals surface area contributed by atoms with E-state index in [1.807, 2.05) is 38.1 Å². The van der Waals surface area contributed by atoms with Crippen molar-refractivity contribution in [2.24, 2.45) is 0 Å². The quantitative estimate of drug-likeness (QED) is 0.705. The molecule has 0 radical (unpaired) electrons. The highest BCUT2D eigenvalue weighted by Crippen LogP contribution is 2.17. The molecule has 0 amide bonds. The fourth-order valence-electron chi connectivity index (χ4n) is 1.32. The van der Waals surface area contributed by atoms with Crippen LogP contribution in [-0.2, 0) is 9.53 Å². The van der Waals surface area contributed by atoms with Gasteiger partial charge in [0.2, 0.25) is 0 Å². The fourth-order valence-corrected chi connectivity index (χ4v) is 1.32. The summed E-state index contributed by atoms with van der Waals surface area (Å²) in [6, 6.07) is 7.74. The van der Waals surface area contributed by atoms with Gasteiger partial charge in [0.1, 0.15) is 0 Å². The van der Waals surface area contributed by atoms with Crippen LogP contribution < -0.4 is 0 Å². The van der Waals surface area contributed by atoms with Crippen LogP contribution >= 0.6 is 0 Å². The van der Waals surface area contributed by atoms with Gasteiger partial charge < -0.3 is 4.74 Å². The lowest BCUT2D eigenvalue weighted by Gasteiger charge is -2.10. The van der Waals surface area contributed by atoms with Gasteiger partial charge in [0.15, 0.2) is 0 Å². The first-order valence-electron chi connectivity index (χ1n) is 5.08. The number of rotatable bonds is 4. The Labute approximate surface area is 90.6 Å². The summed E-state index contributed by atoms with van der Waals surface area (Å²) in [5.41, 5.74) is 2.02. The minimum atomic E-state index is -0.205. The number of carbonyl (C=O) groups is 1. The topological polar surface area (TPSA) is 26.3 Å². The molecule has 0 aliphatic heterocycles. The Morgan fingerprint density at radius 1 is 1.47 bits per heavy atom. The Hall–Kier alpha value is -1.57. The van der Waals surface area contributed by atoms with E-state index < -0.39 is 0 Å². The number of benzene rings is 1. The van der Waals surface area contributed by atoms with Gasteiger partial charge in [-0.2, -0.15) is 0 Å². The predicted molar refractivity (Wildman–Crippen MR) is 61.6 cm³/mol. The molecule has 15 heavy (non-hydrogen) atoms. The third-order valence-corrected chi connectivity index (χ3v) is 2.31. The Morgan fingerprint density at radius 2 is 2.07 bits per heavy atom. The van der Waals surface area contributed by atoms with Crippen molar-refractivity contribution in [2.45, 2.75) is 19.8 Å². The first-order chi connectivity index (χ1) is 7.19. The Kier molecular flexibility index (Phi) is 4.10. The average Bonchev–Trinajstić information content (AvgIpc) is 2.28. The van der Waals surface area contributed by atoms with Crippen molar-refractivity contribution in [3.63, 3.8) is 0 Å². The summed E-state index contributed by atoms with van der Waals surface area (Å²) in [5, 5.41) is 0. The maximum atomic E-state index is 11.5. The SMILES string of the molecule is C=Cc1ccc(C(C)C(=O)OCC)cc1. The minimum absolute atomic E-state index is 0.177. The van der Waals surface area contributed by atoms with Gasteiger partial charge in [-0.15, -0.1) is 0 Å². The average molecular weight is 204 g/mol. The molecule has 0 aliphatic rings. The van der Waals surface area contributed by atoms with Crippen molar-refractivity contribution < 1.29 is 9.53 Å². The van der Waals surface area contributed by atoms with E-state index in [0.717, 1.165) is 11.1 Å². The van der Waals surface area contributed by atoms with E-state index in [1.54, 1.807) is 6.08 Å². The van der Waals surface area contributed by atoms with E-state index in [0.29, 0.717) is 6.61 Å². The zero-order valence-electron chi connectivity index (χ0n) is 9.19. The minimum Gasteiger partial charge on any atom is -0.466 e. The highest BCUT2D eigenvalue weighted by atomic mass is 16.5. The van der Waals surface area contributed by atoms with Crippen LogP contribution in [-0.4, -0.2) is 12.6 Å².